The molecule has 0 saturated carbocycles. The lowest BCUT2D eigenvalue weighted by Crippen LogP contribution is -2.42. The number of halogens is 2. The Balaban J connectivity index is 0. The molecule has 0 aliphatic rings. The SMILES string of the molecule is C=CCN([C@H](C(=O)OC)C(C)C)P(=O)(Cl)Cl.C=CCN[C@H](C(=O)OC)C(C)C. The highest BCUT2D eigenvalue weighted by Gasteiger charge is 2.38. The van der Waals surface area contributed by atoms with Crippen molar-refractivity contribution in [3.05, 3.63) is 25.3 Å². The van der Waals surface area contributed by atoms with Crippen LogP contribution in [0.4, 0.5) is 0 Å². The molecule has 0 aromatic carbocycles. The van der Waals surface area contributed by atoms with Crippen molar-refractivity contribution in [1.82, 2.24) is 9.99 Å². The molecule has 0 spiro atoms. The zero-order chi connectivity index (χ0) is 22.5. The van der Waals surface area contributed by atoms with Crippen LogP contribution in [-0.4, -0.2) is 56.0 Å². The van der Waals surface area contributed by atoms with Gasteiger partial charge >= 0.3 is 17.9 Å². The molecule has 0 aromatic rings. The molecule has 0 fully saturated rings. The molecule has 0 aliphatic carbocycles. The molecule has 164 valence electrons. The zero-order valence-corrected chi connectivity index (χ0v) is 19.9. The molecule has 0 amide bonds. The molecular weight excluding hydrogens is 426 g/mol. The summed E-state index contributed by atoms with van der Waals surface area (Å²) in [7, 11) is 2.66. The number of carbonyl (C=O) groups excluding carboxylic acids is 2. The Morgan fingerprint density at radius 3 is 1.82 bits per heavy atom. The fourth-order valence-electron chi connectivity index (χ4n) is 2.27. The first-order chi connectivity index (χ1) is 12.9. The minimum atomic E-state index is -3.56. The minimum Gasteiger partial charge on any atom is -0.468 e. The van der Waals surface area contributed by atoms with Gasteiger partial charge in [-0.15, -0.1) is 13.2 Å². The number of ether oxygens (including phenoxy) is 2. The van der Waals surface area contributed by atoms with Crippen LogP contribution in [0.2, 0.25) is 0 Å². The maximum absolute atomic E-state index is 11.7. The van der Waals surface area contributed by atoms with E-state index in [9.17, 15) is 14.2 Å². The van der Waals surface area contributed by atoms with Crippen molar-refractivity contribution in [1.29, 1.82) is 0 Å². The Kier molecular flexibility index (Phi) is 15.8. The standard InChI is InChI=1S/C9H16Cl2NO3P.C9H17NO2/c1-5-6-12(16(10,11)14)8(7(2)3)9(13)15-4;1-5-6-10-8(7(2)3)9(11)12-4/h5,7-8H,1,6H2,2-4H3;5,7-8,10H,1,6H2,2-4H3/t2*8-/m00/s1. The Morgan fingerprint density at radius 1 is 1.04 bits per heavy atom. The van der Waals surface area contributed by atoms with Crippen molar-refractivity contribution in [2.24, 2.45) is 11.8 Å². The van der Waals surface area contributed by atoms with Crippen LogP contribution in [0.25, 0.3) is 0 Å². The van der Waals surface area contributed by atoms with E-state index in [2.05, 4.69) is 27.9 Å². The van der Waals surface area contributed by atoms with E-state index in [1.165, 1.54) is 25.0 Å². The van der Waals surface area contributed by atoms with Gasteiger partial charge in [0.2, 0.25) is 0 Å². The first-order valence-corrected chi connectivity index (χ1v) is 12.2. The topological polar surface area (TPSA) is 84.9 Å². The first kappa shape index (κ1) is 29.4. The first-order valence-electron chi connectivity index (χ1n) is 8.76. The molecule has 0 rings (SSSR count). The molecule has 0 heterocycles. The Labute approximate surface area is 178 Å². The van der Waals surface area contributed by atoms with Gasteiger partial charge in [0, 0.05) is 13.1 Å². The van der Waals surface area contributed by atoms with E-state index in [1.807, 2.05) is 13.8 Å². The molecule has 10 heteroatoms. The quantitative estimate of drug-likeness (QED) is 0.281. The number of carbonyl (C=O) groups is 2. The highest BCUT2D eigenvalue weighted by molar-refractivity contribution is 8.07. The predicted molar refractivity (Wildman–Crippen MR) is 116 cm³/mol. The summed E-state index contributed by atoms with van der Waals surface area (Å²) < 4.78 is 22.2. The summed E-state index contributed by atoms with van der Waals surface area (Å²) in [5.41, 5.74) is 0. The highest BCUT2D eigenvalue weighted by atomic mass is 35.9. The van der Waals surface area contributed by atoms with Gasteiger partial charge in [0.05, 0.1) is 14.2 Å². The fraction of sp³-hybridized carbons (Fsp3) is 0.667. The Bertz CT molecular complexity index is 552. The van der Waals surface area contributed by atoms with Crippen LogP contribution in [0, 0.1) is 11.8 Å². The second-order valence-electron chi connectivity index (χ2n) is 6.50. The second kappa shape index (κ2) is 15.1. The third-order valence-corrected chi connectivity index (χ3v) is 5.79. The number of rotatable bonds is 11. The van der Waals surface area contributed by atoms with Crippen molar-refractivity contribution in [2.45, 2.75) is 39.8 Å². The van der Waals surface area contributed by atoms with Gasteiger partial charge in [-0.2, -0.15) is 0 Å². The average Bonchev–Trinajstić information content (AvgIpc) is 2.60. The summed E-state index contributed by atoms with van der Waals surface area (Å²) in [5, 5.41) is 3.03. The largest absolute Gasteiger partial charge is 0.468 e. The monoisotopic (exact) mass is 458 g/mol. The lowest BCUT2D eigenvalue weighted by atomic mass is 10.0. The van der Waals surface area contributed by atoms with Crippen LogP contribution in [-0.2, 0) is 23.6 Å². The molecule has 0 aliphatic heterocycles. The normalized spacial score (nSPS) is 13.4. The van der Waals surface area contributed by atoms with Gasteiger partial charge in [-0.3, -0.25) is 14.2 Å². The number of esters is 2. The van der Waals surface area contributed by atoms with Crippen molar-refractivity contribution in [2.75, 3.05) is 27.3 Å². The molecule has 0 unspecified atom stereocenters. The third kappa shape index (κ3) is 11.2. The molecule has 7 nitrogen and oxygen atoms in total. The molecule has 0 aromatic heterocycles. The predicted octanol–water partition coefficient (Wildman–Crippen LogP) is 4.22. The lowest BCUT2D eigenvalue weighted by Gasteiger charge is -2.31. The van der Waals surface area contributed by atoms with Crippen molar-refractivity contribution in [3.8, 4) is 0 Å². The average molecular weight is 459 g/mol. The number of nitrogens with zero attached hydrogens (tertiary/aromatic N) is 1. The van der Waals surface area contributed by atoms with Gasteiger partial charge in [-0.25, -0.2) is 4.67 Å². The van der Waals surface area contributed by atoms with Gasteiger partial charge in [0.1, 0.15) is 12.1 Å². The maximum Gasteiger partial charge on any atom is 0.323 e. The van der Waals surface area contributed by atoms with E-state index in [4.69, 9.17) is 22.5 Å². The second-order valence-corrected chi connectivity index (χ2v) is 11.2. The summed E-state index contributed by atoms with van der Waals surface area (Å²) >= 11 is 11.2. The fourth-order valence-corrected chi connectivity index (χ4v) is 4.16. The van der Waals surface area contributed by atoms with E-state index >= 15 is 0 Å². The molecule has 0 bridgehead atoms. The maximum atomic E-state index is 11.7. The number of hydrogen-bond acceptors (Lipinski definition) is 6. The van der Waals surface area contributed by atoms with Crippen LogP contribution in [0.5, 0.6) is 0 Å². The van der Waals surface area contributed by atoms with Gasteiger partial charge in [0.25, 0.3) is 0 Å². The number of nitrogens with one attached hydrogen (secondary N) is 1. The molecular formula is C18H33Cl2N2O5P. The molecule has 1 N–H and O–H groups in total. The molecule has 0 radical (unpaired) electrons. The lowest BCUT2D eigenvalue weighted by molar-refractivity contribution is -0.146. The summed E-state index contributed by atoms with van der Waals surface area (Å²) in [6.45, 7) is 15.4. The van der Waals surface area contributed by atoms with Gasteiger partial charge in [-0.05, 0) is 34.3 Å². The zero-order valence-electron chi connectivity index (χ0n) is 17.5. The van der Waals surface area contributed by atoms with E-state index in [-0.39, 0.29) is 30.4 Å². The van der Waals surface area contributed by atoms with E-state index in [0.29, 0.717) is 6.54 Å². The molecule has 2 atom stereocenters. The minimum absolute atomic E-state index is 0.127. The Hall–Kier alpha value is -0.850. The Morgan fingerprint density at radius 2 is 1.54 bits per heavy atom. The third-order valence-electron chi connectivity index (χ3n) is 3.61. The highest BCUT2D eigenvalue weighted by Crippen LogP contribution is 2.61. The summed E-state index contributed by atoms with van der Waals surface area (Å²) in [4.78, 5) is 22.7. The summed E-state index contributed by atoms with van der Waals surface area (Å²) in [6, 6.07) is -0.975. The smallest absolute Gasteiger partial charge is 0.323 e. The van der Waals surface area contributed by atoms with Crippen molar-refractivity contribution < 1.29 is 23.6 Å². The van der Waals surface area contributed by atoms with Crippen molar-refractivity contribution in [3.63, 3.8) is 0 Å². The number of methoxy groups -OCH3 is 2. The van der Waals surface area contributed by atoms with E-state index < -0.39 is 18.0 Å². The summed E-state index contributed by atoms with van der Waals surface area (Å²) in [5.74, 6) is -4.19. The van der Waals surface area contributed by atoms with Crippen LogP contribution < -0.4 is 5.32 Å². The van der Waals surface area contributed by atoms with Crippen LogP contribution in [0.3, 0.4) is 0 Å². The molecule has 28 heavy (non-hydrogen) atoms. The number of hydrogen-bond donors (Lipinski definition) is 1. The van der Waals surface area contributed by atoms with Crippen LogP contribution in [0.15, 0.2) is 25.3 Å². The van der Waals surface area contributed by atoms with E-state index in [0.717, 1.165) is 0 Å². The van der Waals surface area contributed by atoms with Gasteiger partial charge in [0.15, 0.2) is 0 Å². The summed E-state index contributed by atoms with van der Waals surface area (Å²) in [6.07, 6.45) is 3.20. The van der Waals surface area contributed by atoms with Gasteiger partial charge < -0.3 is 14.8 Å². The van der Waals surface area contributed by atoms with Gasteiger partial charge in [-0.1, -0.05) is 39.8 Å². The van der Waals surface area contributed by atoms with E-state index in [1.54, 1.807) is 19.9 Å². The van der Waals surface area contributed by atoms with Crippen LogP contribution in [0.1, 0.15) is 27.7 Å². The molecule has 0 saturated heterocycles. The van der Waals surface area contributed by atoms with Crippen molar-refractivity contribution >= 4 is 40.4 Å². The van der Waals surface area contributed by atoms with Crippen LogP contribution >= 0.6 is 28.5 Å².